The molecule has 0 fully saturated rings. The third kappa shape index (κ3) is 39.0. The SMILES string of the molecule is CCOC(=O)CCOCCOCCOCCOCCOCCOCCOCCOCCOCCOCCOCCOCCN. The van der Waals surface area contributed by atoms with Crippen molar-refractivity contribution in [2.45, 2.75) is 13.3 Å². The van der Waals surface area contributed by atoms with Crippen molar-refractivity contribution in [1.82, 2.24) is 0 Å². The number of carbonyl (C=O) groups excluding carboxylic acids is 1. The summed E-state index contributed by atoms with van der Waals surface area (Å²) in [5.41, 5.74) is 5.33. The highest BCUT2D eigenvalue weighted by Crippen LogP contribution is 1.90. The van der Waals surface area contributed by atoms with Gasteiger partial charge in [-0.15, -0.1) is 0 Å². The fourth-order valence-electron chi connectivity index (χ4n) is 2.99. The summed E-state index contributed by atoms with van der Waals surface area (Å²) >= 11 is 0. The van der Waals surface area contributed by atoms with Crippen LogP contribution < -0.4 is 5.73 Å². The quantitative estimate of drug-likeness (QED) is 0.0707. The van der Waals surface area contributed by atoms with E-state index in [0.717, 1.165) is 0 Å². The molecule has 0 rings (SSSR count). The molecule has 264 valence electrons. The molecule has 0 aliphatic rings. The maximum absolute atomic E-state index is 11.1. The molecule has 0 aromatic heterocycles. The molecule has 0 saturated carbocycles. The summed E-state index contributed by atoms with van der Waals surface area (Å²) < 4.78 is 69.6. The van der Waals surface area contributed by atoms with Crippen molar-refractivity contribution >= 4 is 5.97 Å². The van der Waals surface area contributed by atoms with Crippen LogP contribution in [0.3, 0.4) is 0 Å². The Hall–Kier alpha value is -1.05. The minimum Gasteiger partial charge on any atom is -0.466 e. The Kier molecular flexibility index (Phi) is 39.0. The first-order chi connectivity index (χ1) is 21.8. The molecule has 0 aromatic carbocycles. The van der Waals surface area contributed by atoms with Gasteiger partial charge < -0.3 is 67.3 Å². The van der Waals surface area contributed by atoms with Crippen molar-refractivity contribution in [2.75, 3.05) is 172 Å². The molecule has 15 nitrogen and oxygen atoms in total. The highest BCUT2D eigenvalue weighted by atomic mass is 16.6. The van der Waals surface area contributed by atoms with Gasteiger partial charge in [0.2, 0.25) is 0 Å². The Morgan fingerprint density at radius 2 is 0.568 bits per heavy atom. The second-order valence-electron chi connectivity index (χ2n) is 8.69. The molecule has 0 saturated heterocycles. The van der Waals surface area contributed by atoms with Crippen molar-refractivity contribution in [3.05, 3.63) is 0 Å². The van der Waals surface area contributed by atoms with Gasteiger partial charge in [0, 0.05) is 6.54 Å². The minimum absolute atomic E-state index is 0.252. The lowest BCUT2D eigenvalue weighted by Crippen LogP contribution is -2.16. The van der Waals surface area contributed by atoms with Crippen LogP contribution in [0, 0.1) is 0 Å². The fourth-order valence-corrected chi connectivity index (χ4v) is 2.99. The standard InChI is InChI=1S/C29H59NO14/c1-2-44-29(31)3-5-32-7-9-34-11-13-36-15-17-38-19-21-40-23-25-42-27-28-43-26-24-41-22-20-39-18-16-37-14-12-35-10-8-33-6-4-30/h2-28,30H2,1H3. The van der Waals surface area contributed by atoms with Gasteiger partial charge in [0.25, 0.3) is 0 Å². The molecule has 0 amide bonds. The first-order valence-corrected chi connectivity index (χ1v) is 15.6. The molecule has 0 radical (unpaired) electrons. The van der Waals surface area contributed by atoms with Crippen molar-refractivity contribution in [2.24, 2.45) is 5.73 Å². The van der Waals surface area contributed by atoms with Crippen LogP contribution in [-0.4, -0.2) is 178 Å². The summed E-state index contributed by atoms with van der Waals surface area (Å²) in [6.07, 6.45) is 0.256. The third-order valence-electron chi connectivity index (χ3n) is 5.11. The van der Waals surface area contributed by atoms with E-state index in [1.54, 1.807) is 6.92 Å². The maximum atomic E-state index is 11.1. The van der Waals surface area contributed by atoms with Gasteiger partial charge in [-0.05, 0) is 6.92 Å². The zero-order valence-electron chi connectivity index (χ0n) is 26.9. The van der Waals surface area contributed by atoms with Gasteiger partial charge in [-0.3, -0.25) is 4.79 Å². The number of ether oxygens (including phenoxy) is 13. The molecule has 0 aliphatic heterocycles. The highest BCUT2D eigenvalue weighted by Gasteiger charge is 2.01. The molecule has 0 heterocycles. The van der Waals surface area contributed by atoms with Crippen molar-refractivity contribution < 1.29 is 66.4 Å². The van der Waals surface area contributed by atoms with E-state index in [2.05, 4.69) is 0 Å². The Morgan fingerprint density at radius 1 is 0.364 bits per heavy atom. The van der Waals surface area contributed by atoms with Gasteiger partial charge in [-0.2, -0.15) is 0 Å². The van der Waals surface area contributed by atoms with Gasteiger partial charge in [0.05, 0.1) is 172 Å². The van der Waals surface area contributed by atoms with E-state index in [4.69, 9.17) is 67.3 Å². The summed E-state index contributed by atoms with van der Waals surface area (Å²) in [6, 6.07) is 0. The summed E-state index contributed by atoms with van der Waals surface area (Å²) in [7, 11) is 0. The molecule has 44 heavy (non-hydrogen) atoms. The van der Waals surface area contributed by atoms with Crippen molar-refractivity contribution in [1.29, 1.82) is 0 Å². The lowest BCUT2D eigenvalue weighted by molar-refractivity contribution is -0.144. The summed E-state index contributed by atoms with van der Waals surface area (Å²) in [5.74, 6) is -0.252. The average Bonchev–Trinajstić information content (AvgIpc) is 3.02. The number of carbonyl (C=O) groups is 1. The Labute approximate surface area is 263 Å². The summed E-state index contributed by atoms with van der Waals surface area (Å²) in [6.45, 7) is 14.6. The normalized spacial score (nSPS) is 11.4. The maximum Gasteiger partial charge on any atom is 0.308 e. The predicted octanol–water partition coefficient (Wildman–Crippen LogP) is 0.0975. The van der Waals surface area contributed by atoms with Crippen molar-refractivity contribution in [3.63, 3.8) is 0 Å². The molecule has 0 aliphatic carbocycles. The Balaban J connectivity index is 3.05. The molecule has 0 atom stereocenters. The smallest absolute Gasteiger partial charge is 0.308 e. The van der Waals surface area contributed by atoms with E-state index < -0.39 is 0 Å². The summed E-state index contributed by atoms with van der Waals surface area (Å²) in [4.78, 5) is 11.1. The molecular formula is C29H59NO14. The van der Waals surface area contributed by atoms with E-state index in [0.29, 0.717) is 172 Å². The molecule has 15 heteroatoms. The molecule has 0 spiro atoms. The topological polar surface area (TPSA) is 163 Å². The van der Waals surface area contributed by atoms with E-state index in [-0.39, 0.29) is 12.4 Å². The molecule has 0 aromatic rings. The van der Waals surface area contributed by atoms with Crippen LogP contribution >= 0.6 is 0 Å². The monoisotopic (exact) mass is 645 g/mol. The molecule has 2 N–H and O–H groups in total. The second-order valence-corrected chi connectivity index (χ2v) is 8.69. The van der Waals surface area contributed by atoms with Gasteiger partial charge >= 0.3 is 5.97 Å². The number of rotatable bonds is 39. The number of nitrogens with two attached hydrogens (primary N) is 1. The number of hydrogen-bond acceptors (Lipinski definition) is 15. The zero-order chi connectivity index (χ0) is 31.9. The second kappa shape index (κ2) is 40.0. The van der Waals surface area contributed by atoms with Crippen LogP contribution in [0.4, 0.5) is 0 Å². The fraction of sp³-hybridized carbons (Fsp3) is 0.966. The first kappa shape index (κ1) is 43.0. The molecule has 0 unspecified atom stereocenters. The van der Waals surface area contributed by atoms with Gasteiger partial charge in [0.1, 0.15) is 0 Å². The molecular weight excluding hydrogens is 586 g/mol. The predicted molar refractivity (Wildman–Crippen MR) is 160 cm³/mol. The zero-order valence-corrected chi connectivity index (χ0v) is 26.9. The van der Waals surface area contributed by atoms with E-state index >= 15 is 0 Å². The Morgan fingerprint density at radius 3 is 0.773 bits per heavy atom. The number of esters is 1. The van der Waals surface area contributed by atoms with E-state index in [9.17, 15) is 4.79 Å². The van der Waals surface area contributed by atoms with Crippen LogP contribution in [0.2, 0.25) is 0 Å². The lowest BCUT2D eigenvalue weighted by Gasteiger charge is -2.09. The van der Waals surface area contributed by atoms with Crippen LogP contribution in [0.5, 0.6) is 0 Å². The summed E-state index contributed by atoms with van der Waals surface area (Å²) in [5, 5.41) is 0. The largest absolute Gasteiger partial charge is 0.466 e. The van der Waals surface area contributed by atoms with Crippen LogP contribution in [-0.2, 0) is 66.4 Å². The average molecular weight is 646 g/mol. The van der Waals surface area contributed by atoms with E-state index in [1.165, 1.54) is 0 Å². The number of hydrogen-bond donors (Lipinski definition) is 1. The van der Waals surface area contributed by atoms with Gasteiger partial charge in [0.15, 0.2) is 0 Å². The van der Waals surface area contributed by atoms with Crippen LogP contribution in [0.1, 0.15) is 13.3 Å². The lowest BCUT2D eigenvalue weighted by atomic mass is 10.5. The van der Waals surface area contributed by atoms with Crippen LogP contribution in [0.25, 0.3) is 0 Å². The third-order valence-corrected chi connectivity index (χ3v) is 5.11. The molecule has 0 bridgehead atoms. The highest BCUT2D eigenvalue weighted by molar-refractivity contribution is 5.69. The van der Waals surface area contributed by atoms with Gasteiger partial charge in [-0.1, -0.05) is 0 Å². The first-order valence-electron chi connectivity index (χ1n) is 15.6. The van der Waals surface area contributed by atoms with E-state index in [1.807, 2.05) is 0 Å². The van der Waals surface area contributed by atoms with Gasteiger partial charge in [-0.25, -0.2) is 0 Å². The minimum atomic E-state index is -0.252. The van der Waals surface area contributed by atoms with Crippen LogP contribution in [0.15, 0.2) is 0 Å². The van der Waals surface area contributed by atoms with Crippen molar-refractivity contribution in [3.8, 4) is 0 Å². The Bertz CT molecular complexity index is 550.